The second-order valence-electron chi connectivity index (χ2n) is 7.23. The van der Waals surface area contributed by atoms with Crippen LogP contribution in [-0.2, 0) is 4.43 Å². The topological polar surface area (TPSA) is 9.23 Å². The van der Waals surface area contributed by atoms with Gasteiger partial charge in [-0.2, -0.15) is 0 Å². The molecule has 112 valence electrons. The van der Waals surface area contributed by atoms with E-state index in [1.165, 1.54) is 51.0 Å². The molecular formula is C16H34OSi2. The standard InChI is InChI=1S/C16H34OSi2/c1-6-7-8-9-10-11-12-13-16-14-15-18(2,3)19(4,5)17-16/h6-7,16H,8-15H2,1-5H3. The first-order chi connectivity index (χ1) is 8.89. The van der Waals surface area contributed by atoms with Crippen molar-refractivity contribution >= 4 is 15.4 Å². The first-order valence-corrected chi connectivity index (χ1v) is 15.3. The van der Waals surface area contributed by atoms with E-state index >= 15 is 0 Å². The number of hydrogen-bond donors (Lipinski definition) is 0. The molecule has 1 rings (SSSR count). The van der Waals surface area contributed by atoms with Crippen LogP contribution in [0.2, 0.25) is 32.2 Å². The number of unbranched alkanes of at least 4 members (excludes halogenated alkanes) is 4. The zero-order valence-corrected chi connectivity index (χ0v) is 15.8. The van der Waals surface area contributed by atoms with Crippen LogP contribution in [0.5, 0.6) is 0 Å². The third-order valence-electron chi connectivity index (χ3n) is 5.07. The van der Waals surface area contributed by atoms with Gasteiger partial charge in [0.05, 0.1) is 7.59 Å². The van der Waals surface area contributed by atoms with Crippen LogP contribution in [0.15, 0.2) is 12.2 Å². The summed E-state index contributed by atoms with van der Waals surface area (Å²) < 4.78 is 6.52. The lowest BCUT2D eigenvalue weighted by Gasteiger charge is -2.45. The van der Waals surface area contributed by atoms with Crippen LogP contribution in [0, 0.1) is 0 Å². The van der Waals surface area contributed by atoms with Gasteiger partial charge in [0.2, 0.25) is 0 Å². The van der Waals surface area contributed by atoms with Crippen molar-refractivity contribution in [3.8, 4) is 0 Å². The molecule has 0 saturated carbocycles. The van der Waals surface area contributed by atoms with E-state index in [-0.39, 0.29) is 0 Å². The monoisotopic (exact) mass is 298 g/mol. The van der Waals surface area contributed by atoms with Crippen LogP contribution in [0.4, 0.5) is 0 Å². The first kappa shape index (κ1) is 17.2. The first-order valence-electron chi connectivity index (χ1n) is 8.18. The molecule has 0 aromatic carbocycles. The Morgan fingerprint density at radius 3 is 2.37 bits per heavy atom. The lowest BCUT2D eigenvalue weighted by atomic mass is 10.1. The van der Waals surface area contributed by atoms with Crippen molar-refractivity contribution in [2.45, 2.75) is 90.2 Å². The molecular weight excluding hydrogens is 264 g/mol. The Morgan fingerprint density at radius 1 is 1.05 bits per heavy atom. The van der Waals surface area contributed by atoms with Gasteiger partial charge in [-0.25, -0.2) is 0 Å². The molecule has 0 bridgehead atoms. The number of hydrogen-bond acceptors (Lipinski definition) is 1. The van der Waals surface area contributed by atoms with E-state index in [4.69, 9.17) is 4.43 Å². The fraction of sp³-hybridized carbons (Fsp3) is 0.875. The largest absolute Gasteiger partial charge is 0.417 e. The molecule has 1 fully saturated rings. The lowest BCUT2D eigenvalue weighted by Crippen LogP contribution is -2.61. The molecule has 1 heterocycles. The van der Waals surface area contributed by atoms with Gasteiger partial charge in [0.25, 0.3) is 0 Å². The Balaban J connectivity index is 2.15. The van der Waals surface area contributed by atoms with Gasteiger partial charge in [-0.15, -0.1) is 0 Å². The van der Waals surface area contributed by atoms with Crippen LogP contribution in [0.3, 0.4) is 0 Å². The Kier molecular flexibility index (Phi) is 7.05. The maximum Gasteiger partial charge on any atom is 0.174 e. The second-order valence-corrected chi connectivity index (χ2v) is 22.4. The third-order valence-corrected chi connectivity index (χ3v) is 21.7. The van der Waals surface area contributed by atoms with Crippen LogP contribution in [0.25, 0.3) is 0 Å². The molecule has 0 spiro atoms. The van der Waals surface area contributed by atoms with Gasteiger partial charge in [-0.3, -0.25) is 0 Å². The van der Waals surface area contributed by atoms with E-state index in [2.05, 4.69) is 45.3 Å². The van der Waals surface area contributed by atoms with Gasteiger partial charge < -0.3 is 4.43 Å². The quantitative estimate of drug-likeness (QED) is 0.333. The average Bonchev–Trinajstić information content (AvgIpc) is 2.32. The summed E-state index contributed by atoms with van der Waals surface area (Å²) in [5, 5.41) is 0. The highest BCUT2D eigenvalue weighted by Crippen LogP contribution is 2.34. The predicted molar refractivity (Wildman–Crippen MR) is 91.8 cm³/mol. The van der Waals surface area contributed by atoms with Gasteiger partial charge in [-0.05, 0) is 45.7 Å². The normalized spacial score (nSPS) is 25.8. The van der Waals surface area contributed by atoms with Crippen molar-refractivity contribution in [1.29, 1.82) is 0 Å². The number of rotatable bonds is 7. The SMILES string of the molecule is CC=CCCCCCCC1CC[Si](C)(C)[Si](C)(C)O1. The highest BCUT2D eigenvalue weighted by molar-refractivity contribution is 7.38. The summed E-state index contributed by atoms with van der Waals surface area (Å²) in [6.45, 7) is 12.1. The minimum Gasteiger partial charge on any atom is -0.417 e. The molecule has 1 nitrogen and oxygen atoms in total. The van der Waals surface area contributed by atoms with Crippen LogP contribution < -0.4 is 0 Å². The van der Waals surface area contributed by atoms with Crippen LogP contribution in [-0.4, -0.2) is 21.5 Å². The Labute approximate surface area is 122 Å². The maximum absolute atomic E-state index is 6.52. The molecule has 1 aliphatic heterocycles. The minimum atomic E-state index is -1.34. The molecule has 0 radical (unpaired) electrons. The van der Waals surface area contributed by atoms with Gasteiger partial charge in [0, 0.05) is 6.10 Å². The molecule has 1 atom stereocenters. The highest BCUT2D eigenvalue weighted by atomic mass is 29.3. The summed E-state index contributed by atoms with van der Waals surface area (Å²) in [6, 6.07) is 1.50. The van der Waals surface area contributed by atoms with E-state index in [1.54, 1.807) is 0 Å². The Morgan fingerprint density at radius 2 is 1.74 bits per heavy atom. The summed E-state index contributed by atoms with van der Waals surface area (Å²) in [5.41, 5.74) is 0. The van der Waals surface area contributed by atoms with Crippen LogP contribution >= 0.6 is 0 Å². The van der Waals surface area contributed by atoms with Gasteiger partial charge in [-0.1, -0.05) is 50.6 Å². The summed E-state index contributed by atoms with van der Waals surface area (Å²) >= 11 is 0. The van der Waals surface area contributed by atoms with Gasteiger partial charge >= 0.3 is 0 Å². The molecule has 1 saturated heterocycles. The van der Waals surface area contributed by atoms with E-state index in [9.17, 15) is 0 Å². The number of allylic oxidation sites excluding steroid dienone is 2. The van der Waals surface area contributed by atoms with E-state index in [0.717, 1.165) is 0 Å². The summed E-state index contributed by atoms with van der Waals surface area (Å²) in [4.78, 5) is 0. The smallest absolute Gasteiger partial charge is 0.174 e. The van der Waals surface area contributed by atoms with Crippen molar-refractivity contribution in [2.24, 2.45) is 0 Å². The average molecular weight is 299 g/mol. The maximum atomic E-state index is 6.52. The second kappa shape index (κ2) is 7.79. The van der Waals surface area contributed by atoms with Gasteiger partial charge in [0.15, 0.2) is 7.83 Å². The molecule has 0 aromatic heterocycles. The molecule has 0 amide bonds. The molecule has 0 aromatic rings. The predicted octanol–water partition coefficient (Wildman–Crippen LogP) is 5.68. The summed E-state index contributed by atoms with van der Waals surface area (Å²) in [7, 11) is -2.36. The Bertz CT molecular complexity index is 284. The van der Waals surface area contributed by atoms with Crippen molar-refractivity contribution in [3.05, 3.63) is 12.2 Å². The van der Waals surface area contributed by atoms with Crippen molar-refractivity contribution in [1.82, 2.24) is 0 Å². The zero-order valence-electron chi connectivity index (χ0n) is 13.8. The van der Waals surface area contributed by atoms with E-state index in [1.807, 2.05) is 0 Å². The van der Waals surface area contributed by atoms with Crippen molar-refractivity contribution in [2.75, 3.05) is 0 Å². The van der Waals surface area contributed by atoms with E-state index in [0.29, 0.717) is 6.10 Å². The Hall–Kier alpha value is 0.134. The van der Waals surface area contributed by atoms with Crippen molar-refractivity contribution < 1.29 is 4.43 Å². The molecule has 1 unspecified atom stereocenters. The zero-order chi connectivity index (χ0) is 14.4. The van der Waals surface area contributed by atoms with Crippen molar-refractivity contribution in [3.63, 3.8) is 0 Å². The summed E-state index contributed by atoms with van der Waals surface area (Å²) in [6.07, 6.45) is 14.5. The van der Waals surface area contributed by atoms with Gasteiger partial charge in [0.1, 0.15) is 0 Å². The molecule has 3 heteroatoms. The summed E-state index contributed by atoms with van der Waals surface area (Å²) in [5.74, 6) is 0. The van der Waals surface area contributed by atoms with E-state index < -0.39 is 15.4 Å². The van der Waals surface area contributed by atoms with Crippen LogP contribution in [0.1, 0.15) is 51.9 Å². The fourth-order valence-electron chi connectivity index (χ4n) is 2.82. The molecule has 19 heavy (non-hydrogen) atoms. The fourth-order valence-corrected chi connectivity index (χ4v) is 9.55. The highest BCUT2D eigenvalue weighted by Gasteiger charge is 2.47. The molecule has 0 aliphatic carbocycles. The molecule has 0 N–H and O–H groups in total. The lowest BCUT2D eigenvalue weighted by molar-refractivity contribution is 0.171. The minimum absolute atomic E-state index is 0.595. The third kappa shape index (κ3) is 5.56. The molecule has 1 aliphatic rings.